The van der Waals surface area contributed by atoms with Crippen LogP contribution in [0.15, 0.2) is 12.1 Å². The van der Waals surface area contributed by atoms with Gasteiger partial charge in [0.05, 0.1) is 17.1 Å². The van der Waals surface area contributed by atoms with Crippen LogP contribution in [0.3, 0.4) is 0 Å². The van der Waals surface area contributed by atoms with E-state index in [0.717, 1.165) is 0 Å². The highest BCUT2D eigenvalue weighted by molar-refractivity contribution is 6.02. The highest BCUT2D eigenvalue weighted by Crippen LogP contribution is 2.35. The Kier molecular flexibility index (Phi) is 3.13. The molecule has 0 bridgehead atoms. The molecule has 3 amide bonds. The van der Waals surface area contributed by atoms with Crippen molar-refractivity contribution < 1.29 is 19.1 Å². The molecule has 2 heterocycles. The number of carbonyl (C=O) groups excluding carboxylic acids is 3. The van der Waals surface area contributed by atoms with Gasteiger partial charge in [-0.25, -0.2) is 0 Å². The third kappa shape index (κ3) is 2.60. The first-order valence-electron chi connectivity index (χ1n) is 6.49. The average molecular weight is 290 g/mol. The third-order valence-corrected chi connectivity index (χ3v) is 3.35. The summed E-state index contributed by atoms with van der Waals surface area (Å²) in [6.07, 6.45) is 0.665. The second-order valence-electron chi connectivity index (χ2n) is 4.92. The molecule has 0 saturated carbocycles. The molecule has 1 aromatic rings. The van der Waals surface area contributed by atoms with E-state index in [0.29, 0.717) is 29.2 Å². The van der Waals surface area contributed by atoms with Gasteiger partial charge in [0.25, 0.3) is 5.91 Å². The average Bonchev–Trinajstić information content (AvgIpc) is 2.43. The molecule has 1 atom stereocenters. The largest absolute Gasteiger partial charge is 0.482 e. The highest BCUT2D eigenvalue weighted by Gasteiger charge is 2.27. The van der Waals surface area contributed by atoms with Gasteiger partial charge in [0.1, 0.15) is 11.8 Å². The minimum absolute atomic E-state index is 0.0492. The zero-order valence-corrected chi connectivity index (χ0v) is 11.1. The maximum Gasteiger partial charge on any atom is 0.262 e. The Morgan fingerprint density at radius 1 is 1.19 bits per heavy atom. The minimum Gasteiger partial charge on any atom is -0.482 e. The van der Waals surface area contributed by atoms with E-state index in [-0.39, 0.29) is 30.7 Å². The van der Waals surface area contributed by atoms with Gasteiger partial charge >= 0.3 is 0 Å². The second-order valence-corrected chi connectivity index (χ2v) is 4.92. The first kappa shape index (κ1) is 13.2. The molecule has 2 aliphatic heterocycles. The number of imide groups is 1. The van der Waals surface area contributed by atoms with Crippen LogP contribution in [0.4, 0.5) is 17.1 Å². The smallest absolute Gasteiger partial charge is 0.262 e. The van der Waals surface area contributed by atoms with Crippen LogP contribution < -0.4 is 26.4 Å². The van der Waals surface area contributed by atoms with Crippen molar-refractivity contribution in [3.05, 3.63) is 12.1 Å². The molecule has 0 spiro atoms. The van der Waals surface area contributed by atoms with E-state index in [2.05, 4.69) is 16.0 Å². The molecule has 110 valence electrons. The van der Waals surface area contributed by atoms with Crippen LogP contribution in [0.1, 0.15) is 12.8 Å². The van der Waals surface area contributed by atoms with Crippen LogP contribution in [0.2, 0.25) is 0 Å². The van der Waals surface area contributed by atoms with Crippen molar-refractivity contribution in [3.8, 4) is 5.75 Å². The van der Waals surface area contributed by atoms with Crippen molar-refractivity contribution in [2.45, 2.75) is 18.9 Å². The number of hydrogen-bond acceptors (Lipinski definition) is 6. The highest BCUT2D eigenvalue weighted by atomic mass is 16.5. The van der Waals surface area contributed by atoms with Crippen molar-refractivity contribution in [3.63, 3.8) is 0 Å². The van der Waals surface area contributed by atoms with Crippen LogP contribution in [-0.4, -0.2) is 30.4 Å². The number of hydrogen-bond donors (Lipinski definition) is 4. The molecule has 1 unspecified atom stereocenters. The molecule has 2 aliphatic rings. The number of fused-ring (bicyclic) bond motifs is 1. The van der Waals surface area contributed by atoms with Gasteiger partial charge in [-0.05, 0) is 12.5 Å². The summed E-state index contributed by atoms with van der Waals surface area (Å²) in [5.41, 5.74) is 7.32. The maximum absolute atomic E-state index is 11.7. The Bertz CT molecular complexity index is 643. The number of rotatable bonds is 2. The minimum atomic E-state index is -0.539. The summed E-state index contributed by atoms with van der Waals surface area (Å²) in [5.74, 6) is -0.430. The number of nitrogens with one attached hydrogen (secondary N) is 3. The Balaban J connectivity index is 1.82. The number of nitrogen functional groups attached to an aromatic ring is 1. The van der Waals surface area contributed by atoms with Crippen LogP contribution in [0, 0.1) is 0 Å². The Morgan fingerprint density at radius 3 is 2.76 bits per heavy atom. The van der Waals surface area contributed by atoms with Crippen molar-refractivity contribution in [2.24, 2.45) is 0 Å². The van der Waals surface area contributed by atoms with E-state index in [1.165, 1.54) is 0 Å². The lowest BCUT2D eigenvalue weighted by Gasteiger charge is -2.25. The van der Waals surface area contributed by atoms with E-state index in [4.69, 9.17) is 10.5 Å². The van der Waals surface area contributed by atoms with Crippen LogP contribution in [0.25, 0.3) is 0 Å². The monoisotopic (exact) mass is 290 g/mol. The molecular weight excluding hydrogens is 276 g/mol. The number of ether oxygens (including phenoxy) is 1. The molecule has 0 aromatic heterocycles. The lowest BCUT2D eigenvalue weighted by molar-refractivity contribution is -0.133. The summed E-state index contributed by atoms with van der Waals surface area (Å²) in [7, 11) is 0. The van der Waals surface area contributed by atoms with E-state index in [1.807, 2.05) is 0 Å². The molecule has 21 heavy (non-hydrogen) atoms. The van der Waals surface area contributed by atoms with Crippen LogP contribution in [-0.2, 0) is 14.4 Å². The van der Waals surface area contributed by atoms with E-state index >= 15 is 0 Å². The molecule has 1 saturated heterocycles. The van der Waals surface area contributed by atoms with Gasteiger partial charge in [-0.2, -0.15) is 0 Å². The molecule has 3 rings (SSSR count). The molecule has 8 heteroatoms. The first-order chi connectivity index (χ1) is 10.0. The number of anilines is 3. The third-order valence-electron chi connectivity index (χ3n) is 3.35. The summed E-state index contributed by atoms with van der Waals surface area (Å²) in [6.45, 7) is -0.0492. The lowest BCUT2D eigenvalue weighted by Crippen LogP contribution is -2.47. The van der Waals surface area contributed by atoms with Gasteiger partial charge in [-0.3, -0.25) is 19.7 Å². The number of carbonyl (C=O) groups is 3. The number of amides is 3. The molecular formula is C13H14N4O4. The molecule has 0 radical (unpaired) electrons. The Morgan fingerprint density at radius 2 is 2.00 bits per heavy atom. The molecule has 8 nitrogen and oxygen atoms in total. The Labute approximate surface area is 120 Å². The predicted molar refractivity (Wildman–Crippen MR) is 74.8 cm³/mol. The van der Waals surface area contributed by atoms with Crippen molar-refractivity contribution >= 4 is 34.8 Å². The van der Waals surface area contributed by atoms with Crippen LogP contribution >= 0.6 is 0 Å². The van der Waals surface area contributed by atoms with Gasteiger partial charge in [0.2, 0.25) is 11.8 Å². The molecule has 5 N–H and O–H groups in total. The molecule has 1 fully saturated rings. The maximum atomic E-state index is 11.7. The van der Waals surface area contributed by atoms with Gasteiger partial charge < -0.3 is 21.1 Å². The van der Waals surface area contributed by atoms with Gasteiger partial charge in [-0.1, -0.05) is 0 Å². The van der Waals surface area contributed by atoms with Gasteiger partial charge in [0.15, 0.2) is 6.61 Å². The zero-order chi connectivity index (χ0) is 15.0. The number of benzene rings is 1. The fraction of sp³-hybridized carbons (Fsp3) is 0.308. The molecule has 1 aromatic carbocycles. The quantitative estimate of drug-likeness (QED) is 0.442. The number of piperidine rings is 1. The predicted octanol–water partition coefficient (Wildman–Crippen LogP) is -0.183. The van der Waals surface area contributed by atoms with E-state index in [9.17, 15) is 14.4 Å². The van der Waals surface area contributed by atoms with E-state index in [1.54, 1.807) is 12.1 Å². The fourth-order valence-corrected chi connectivity index (χ4v) is 2.29. The van der Waals surface area contributed by atoms with Gasteiger partial charge in [0, 0.05) is 12.5 Å². The summed E-state index contributed by atoms with van der Waals surface area (Å²) in [4.78, 5) is 34.2. The van der Waals surface area contributed by atoms with Gasteiger partial charge in [-0.15, -0.1) is 0 Å². The summed E-state index contributed by atoms with van der Waals surface area (Å²) < 4.78 is 5.25. The standard InChI is InChI=1S/C13H14N4O4/c14-6-3-10-9(16-12(19)5-21-10)4-8(6)15-7-1-2-11(18)17-13(7)20/h3-4,7,15H,1-2,5,14H2,(H,16,19)(H,17,18,20). The summed E-state index contributed by atoms with van der Waals surface area (Å²) in [6, 6.07) is 2.66. The first-order valence-corrected chi connectivity index (χ1v) is 6.49. The second kappa shape index (κ2) is 4.97. The number of nitrogens with two attached hydrogens (primary N) is 1. The summed E-state index contributed by atoms with van der Waals surface area (Å²) >= 11 is 0. The van der Waals surface area contributed by atoms with Crippen molar-refractivity contribution in [2.75, 3.05) is 23.0 Å². The Hall–Kier alpha value is -2.77. The SMILES string of the molecule is Nc1cc2c(cc1NC1CCC(=O)NC1=O)NC(=O)CO2. The lowest BCUT2D eigenvalue weighted by atomic mass is 10.1. The topological polar surface area (TPSA) is 123 Å². The van der Waals surface area contributed by atoms with Crippen molar-refractivity contribution in [1.29, 1.82) is 0 Å². The zero-order valence-electron chi connectivity index (χ0n) is 11.1. The van der Waals surface area contributed by atoms with Crippen molar-refractivity contribution in [1.82, 2.24) is 5.32 Å². The fourth-order valence-electron chi connectivity index (χ4n) is 2.29. The normalized spacial score (nSPS) is 21.0. The van der Waals surface area contributed by atoms with Crippen LogP contribution in [0.5, 0.6) is 5.75 Å². The van der Waals surface area contributed by atoms with E-state index < -0.39 is 6.04 Å². The molecule has 0 aliphatic carbocycles. The summed E-state index contributed by atoms with van der Waals surface area (Å²) in [5, 5.41) is 7.92.